The van der Waals surface area contributed by atoms with Gasteiger partial charge in [-0.15, -0.1) is 0 Å². The van der Waals surface area contributed by atoms with Gasteiger partial charge in [-0.1, -0.05) is 6.07 Å². The van der Waals surface area contributed by atoms with Gasteiger partial charge in [0.1, 0.15) is 23.2 Å². The van der Waals surface area contributed by atoms with Crippen LogP contribution in [0.4, 0.5) is 4.39 Å². The third-order valence-electron chi connectivity index (χ3n) is 3.71. The van der Waals surface area contributed by atoms with Gasteiger partial charge < -0.3 is 9.47 Å². The molecule has 0 aliphatic heterocycles. The van der Waals surface area contributed by atoms with Gasteiger partial charge in [0.15, 0.2) is 0 Å². The maximum Gasteiger partial charge on any atom is 0.326 e. The second-order valence-electron chi connectivity index (χ2n) is 5.81. The van der Waals surface area contributed by atoms with Crippen LogP contribution in [0.1, 0.15) is 33.1 Å². The zero-order chi connectivity index (χ0) is 15.5. The molecule has 1 aliphatic rings. The number of methoxy groups -OCH3 is 1. The zero-order valence-electron chi connectivity index (χ0n) is 12.7. The molecule has 0 spiro atoms. The molecule has 0 bridgehead atoms. The highest BCUT2D eigenvalue weighted by Gasteiger charge is 2.47. The molecule has 0 amide bonds. The van der Waals surface area contributed by atoms with Crippen molar-refractivity contribution in [3.05, 3.63) is 30.1 Å². The minimum Gasteiger partial charge on any atom is -0.490 e. The molecule has 4 nitrogen and oxygen atoms in total. The molecular formula is C16H22FNO3. The highest BCUT2D eigenvalue weighted by molar-refractivity contribution is 5.81. The van der Waals surface area contributed by atoms with Crippen molar-refractivity contribution in [2.45, 2.75) is 50.8 Å². The molecule has 0 saturated heterocycles. The Morgan fingerprint density at radius 3 is 2.86 bits per heavy atom. The van der Waals surface area contributed by atoms with Crippen LogP contribution >= 0.6 is 0 Å². The van der Waals surface area contributed by atoms with E-state index in [0.717, 1.165) is 6.42 Å². The maximum atomic E-state index is 13.2. The summed E-state index contributed by atoms with van der Waals surface area (Å²) in [6, 6.07) is 6.22. The topological polar surface area (TPSA) is 47.6 Å². The minimum absolute atomic E-state index is 0.128. The Hall–Kier alpha value is -1.62. The summed E-state index contributed by atoms with van der Waals surface area (Å²) in [6.45, 7) is 3.98. The fourth-order valence-electron chi connectivity index (χ4n) is 2.96. The molecule has 1 aliphatic carbocycles. The summed E-state index contributed by atoms with van der Waals surface area (Å²) >= 11 is 0. The third-order valence-corrected chi connectivity index (χ3v) is 3.71. The molecule has 1 N–H and O–H groups in total. The van der Waals surface area contributed by atoms with Crippen molar-refractivity contribution in [1.82, 2.24) is 5.32 Å². The fourth-order valence-corrected chi connectivity index (χ4v) is 2.96. The summed E-state index contributed by atoms with van der Waals surface area (Å²) in [5, 5.41) is 3.30. The Morgan fingerprint density at radius 2 is 2.24 bits per heavy atom. The van der Waals surface area contributed by atoms with Crippen LogP contribution in [0.2, 0.25) is 0 Å². The number of benzene rings is 1. The summed E-state index contributed by atoms with van der Waals surface area (Å²) in [6.07, 6.45) is 1.77. The Bertz CT molecular complexity index is 506. The predicted molar refractivity (Wildman–Crippen MR) is 77.7 cm³/mol. The van der Waals surface area contributed by atoms with E-state index in [1.165, 1.54) is 19.2 Å². The first-order valence-corrected chi connectivity index (χ1v) is 7.23. The van der Waals surface area contributed by atoms with Gasteiger partial charge in [-0.3, -0.25) is 10.1 Å². The lowest BCUT2D eigenvalue weighted by atomic mass is 9.96. The van der Waals surface area contributed by atoms with Gasteiger partial charge in [0.2, 0.25) is 0 Å². The highest BCUT2D eigenvalue weighted by atomic mass is 19.1. The van der Waals surface area contributed by atoms with E-state index in [1.807, 2.05) is 13.8 Å². The van der Waals surface area contributed by atoms with Crippen molar-refractivity contribution in [2.75, 3.05) is 7.11 Å². The second-order valence-corrected chi connectivity index (χ2v) is 5.81. The van der Waals surface area contributed by atoms with Crippen LogP contribution in [0.25, 0.3) is 0 Å². The summed E-state index contributed by atoms with van der Waals surface area (Å²) in [5.41, 5.74) is -0.707. The number of rotatable bonds is 5. The second kappa shape index (κ2) is 6.43. The number of carbonyl (C=O) groups excluding carboxylic acids is 1. The molecule has 2 atom stereocenters. The van der Waals surface area contributed by atoms with Crippen LogP contribution in [0.3, 0.4) is 0 Å². The van der Waals surface area contributed by atoms with Crippen molar-refractivity contribution in [3.63, 3.8) is 0 Å². The van der Waals surface area contributed by atoms with E-state index < -0.39 is 5.54 Å². The Kier molecular flexibility index (Phi) is 4.83. The molecule has 1 aromatic carbocycles. The average Bonchev–Trinajstić information content (AvgIpc) is 2.81. The smallest absolute Gasteiger partial charge is 0.326 e. The monoisotopic (exact) mass is 295 g/mol. The first-order valence-electron chi connectivity index (χ1n) is 7.23. The van der Waals surface area contributed by atoms with E-state index >= 15 is 0 Å². The lowest BCUT2D eigenvalue weighted by Gasteiger charge is -2.29. The summed E-state index contributed by atoms with van der Waals surface area (Å²) < 4.78 is 23.9. The van der Waals surface area contributed by atoms with Gasteiger partial charge in [0, 0.05) is 18.5 Å². The van der Waals surface area contributed by atoms with E-state index in [9.17, 15) is 9.18 Å². The Balaban J connectivity index is 2.07. The molecule has 116 valence electrons. The molecule has 2 unspecified atom stereocenters. The van der Waals surface area contributed by atoms with Crippen LogP contribution in [0.5, 0.6) is 5.75 Å². The van der Waals surface area contributed by atoms with E-state index in [1.54, 1.807) is 12.1 Å². The van der Waals surface area contributed by atoms with Gasteiger partial charge in [0.25, 0.3) is 0 Å². The van der Waals surface area contributed by atoms with E-state index in [2.05, 4.69) is 5.32 Å². The first-order chi connectivity index (χ1) is 9.95. The highest BCUT2D eigenvalue weighted by Crippen LogP contribution is 2.34. The van der Waals surface area contributed by atoms with Crippen LogP contribution in [-0.4, -0.2) is 30.8 Å². The van der Waals surface area contributed by atoms with Crippen molar-refractivity contribution in [1.29, 1.82) is 0 Å². The summed E-state index contributed by atoms with van der Waals surface area (Å²) in [7, 11) is 1.40. The molecule has 1 aromatic rings. The lowest BCUT2D eigenvalue weighted by Crippen LogP contribution is -2.54. The van der Waals surface area contributed by atoms with Gasteiger partial charge in [-0.25, -0.2) is 4.39 Å². The normalized spacial score (nSPS) is 25.1. The van der Waals surface area contributed by atoms with E-state index in [-0.39, 0.29) is 23.9 Å². The number of esters is 1. The summed E-state index contributed by atoms with van der Waals surface area (Å²) in [4.78, 5) is 12.1. The molecular weight excluding hydrogens is 273 g/mol. The predicted octanol–water partition coefficient (Wildman–Crippen LogP) is 2.67. The van der Waals surface area contributed by atoms with Crippen LogP contribution < -0.4 is 10.1 Å². The van der Waals surface area contributed by atoms with Gasteiger partial charge in [-0.05, 0) is 38.8 Å². The van der Waals surface area contributed by atoms with Crippen molar-refractivity contribution in [3.8, 4) is 5.75 Å². The number of nitrogens with one attached hydrogen (secondary N) is 1. The van der Waals surface area contributed by atoms with Gasteiger partial charge >= 0.3 is 5.97 Å². The molecule has 0 radical (unpaired) electrons. The first kappa shape index (κ1) is 15.8. The van der Waals surface area contributed by atoms with Crippen molar-refractivity contribution in [2.24, 2.45) is 0 Å². The Labute approximate surface area is 124 Å². The zero-order valence-corrected chi connectivity index (χ0v) is 12.7. The standard InChI is InChI=1S/C16H22FNO3/c1-11(2)18-16(15(19)20-3)8-7-14(10-16)21-13-6-4-5-12(17)9-13/h4-6,9,11,14,18H,7-8,10H2,1-3H3. The van der Waals surface area contributed by atoms with Crippen LogP contribution in [-0.2, 0) is 9.53 Å². The van der Waals surface area contributed by atoms with E-state index in [4.69, 9.17) is 9.47 Å². The SMILES string of the molecule is COC(=O)C1(NC(C)C)CCC(Oc2cccc(F)c2)C1. The van der Waals surface area contributed by atoms with Crippen LogP contribution in [0, 0.1) is 5.82 Å². The van der Waals surface area contributed by atoms with E-state index in [0.29, 0.717) is 18.6 Å². The number of hydrogen-bond donors (Lipinski definition) is 1. The van der Waals surface area contributed by atoms with Gasteiger partial charge in [-0.2, -0.15) is 0 Å². The lowest BCUT2D eigenvalue weighted by molar-refractivity contribution is -0.149. The van der Waals surface area contributed by atoms with Crippen LogP contribution in [0.15, 0.2) is 24.3 Å². The molecule has 5 heteroatoms. The summed E-state index contributed by atoms with van der Waals surface area (Å²) in [5.74, 6) is -0.100. The molecule has 0 heterocycles. The molecule has 1 saturated carbocycles. The molecule has 21 heavy (non-hydrogen) atoms. The Morgan fingerprint density at radius 1 is 1.48 bits per heavy atom. The minimum atomic E-state index is -0.707. The largest absolute Gasteiger partial charge is 0.490 e. The number of hydrogen-bond acceptors (Lipinski definition) is 4. The quantitative estimate of drug-likeness (QED) is 0.848. The third kappa shape index (κ3) is 3.73. The fraction of sp³-hybridized carbons (Fsp3) is 0.562. The number of carbonyl (C=O) groups is 1. The maximum absolute atomic E-state index is 13.2. The molecule has 1 fully saturated rings. The van der Waals surface area contributed by atoms with Crippen molar-refractivity contribution >= 4 is 5.97 Å². The molecule has 0 aromatic heterocycles. The molecule has 2 rings (SSSR count). The van der Waals surface area contributed by atoms with Gasteiger partial charge in [0.05, 0.1) is 7.11 Å². The number of ether oxygens (including phenoxy) is 2. The average molecular weight is 295 g/mol. The number of halogens is 1. The van der Waals surface area contributed by atoms with Crippen molar-refractivity contribution < 1.29 is 18.7 Å².